The van der Waals surface area contributed by atoms with Gasteiger partial charge in [0.05, 0.1) is 5.56 Å². The zero-order valence-corrected chi connectivity index (χ0v) is 16.9. The first kappa shape index (κ1) is 19.9. The number of rotatable bonds is 2. The van der Waals surface area contributed by atoms with Crippen LogP contribution in [0.2, 0.25) is 0 Å². The van der Waals surface area contributed by atoms with Crippen molar-refractivity contribution < 1.29 is 22.8 Å². The Hall–Kier alpha value is -2.41. The highest BCUT2D eigenvalue weighted by atomic mass is 32.1. The first-order valence-corrected chi connectivity index (χ1v) is 10.3. The van der Waals surface area contributed by atoms with Gasteiger partial charge in [-0.15, -0.1) is 0 Å². The molecule has 2 heterocycles. The molecule has 1 aliphatic heterocycles. The molecule has 4 rings (SSSR count). The molecule has 1 aliphatic carbocycles. The molecular weight excluding hydrogens is 399 g/mol. The number of nitrogens with zero attached hydrogens (tertiary/aromatic N) is 1. The highest BCUT2D eigenvalue weighted by Gasteiger charge is 2.44. The van der Waals surface area contributed by atoms with Crippen molar-refractivity contribution in [3.63, 3.8) is 0 Å². The molecule has 1 aromatic carbocycles. The van der Waals surface area contributed by atoms with E-state index in [9.17, 15) is 22.8 Å². The number of benzene rings is 1. The van der Waals surface area contributed by atoms with Crippen molar-refractivity contribution >= 4 is 28.7 Å². The topological polar surface area (TPSA) is 37.4 Å². The number of thiophene rings is 1. The minimum atomic E-state index is -4.51. The number of carbonyl (C=O) groups excluding carboxylic acids is 2. The summed E-state index contributed by atoms with van der Waals surface area (Å²) in [6, 6.07) is 6.66. The molecule has 2 aromatic rings. The van der Waals surface area contributed by atoms with E-state index in [4.69, 9.17) is 0 Å². The van der Waals surface area contributed by atoms with Crippen molar-refractivity contribution in [2.75, 3.05) is 4.90 Å². The largest absolute Gasteiger partial charge is 0.416 e. The maximum absolute atomic E-state index is 13.2. The molecule has 0 unspecified atom stereocenters. The molecular formula is C22H20F3NO2S. The Balaban J connectivity index is 1.89. The Morgan fingerprint density at radius 3 is 2.55 bits per heavy atom. The van der Waals surface area contributed by atoms with E-state index in [0.717, 1.165) is 17.7 Å². The van der Waals surface area contributed by atoms with Crippen LogP contribution in [0.3, 0.4) is 0 Å². The Morgan fingerprint density at radius 1 is 1.14 bits per heavy atom. The van der Waals surface area contributed by atoms with E-state index < -0.39 is 11.7 Å². The zero-order chi connectivity index (χ0) is 21.0. The second kappa shape index (κ2) is 6.83. The fraction of sp³-hybridized carbons (Fsp3) is 0.364. The molecule has 0 spiro atoms. The number of alkyl halides is 3. The molecule has 0 saturated heterocycles. The molecule has 0 bridgehead atoms. The lowest BCUT2D eigenvalue weighted by Gasteiger charge is -2.42. The number of hydrogen-bond acceptors (Lipinski definition) is 3. The second-order valence-corrected chi connectivity index (χ2v) is 9.17. The zero-order valence-electron chi connectivity index (χ0n) is 16.0. The van der Waals surface area contributed by atoms with Gasteiger partial charge in [0.15, 0.2) is 5.78 Å². The molecule has 29 heavy (non-hydrogen) atoms. The lowest BCUT2D eigenvalue weighted by molar-refractivity contribution is -0.137. The van der Waals surface area contributed by atoms with Crippen LogP contribution in [0.1, 0.15) is 50.2 Å². The summed E-state index contributed by atoms with van der Waals surface area (Å²) < 4.78 is 39.7. The van der Waals surface area contributed by atoms with Gasteiger partial charge in [0.25, 0.3) is 0 Å². The van der Waals surface area contributed by atoms with Crippen LogP contribution < -0.4 is 4.90 Å². The van der Waals surface area contributed by atoms with Crippen molar-refractivity contribution in [3.05, 3.63) is 63.5 Å². The summed E-state index contributed by atoms with van der Waals surface area (Å²) in [5.74, 6) is -0.656. The number of halogens is 3. The van der Waals surface area contributed by atoms with Gasteiger partial charge in [-0.25, -0.2) is 0 Å². The average molecular weight is 419 g/mol. The summed E-state index contributed by atoms with van der Waals surface area (Å²) in [4.78, 5) is 27.6. The van der Waals surface area contributed by atoms with Gasteiger partial charge >= 0.3 is 6.18 Å². The van der Waals surface area contributed by atoms with Gasteiger partial charge in [-0.1, -0.05) is 19.9 Å². The number of ketones is 1. The number of hydrogen-bond donors (Lipinski definition) is 0. The smallest absolute Gasteiger partial charge is 0.294 e. The van der Waals surface area contributed by atoms with Crippen LogP contribution in [-0.4, -0.2) is 11.7 Å². The summed E-state index contributed by atoms with van der Waals surface area (Å²) in [5.41, 5.74) is 0.996. The standard InChI is InChI=1S/C22H20F3NO2S/c1-21(2)10-17-20(18(27)11-21)16(13-6-7-29-12-13)9-19(28)26(17)15-5-3-4-14(8-15)22(23,24)25/h3-8,12,16H,9-11H2,1-2H3/t16-/m1/s1. The SMILES string of the molecule is CC1(C)CC(=O)C2=C(C1)N(c1cccc(C(F)(F)F)c1)C(=O)C[C@@H]2c1ccsc1. The Morgan fingerprint density at radius 2 is 1.90 bits per heavy atom. The van der Waals surface area contributed by atoms with E-state index in [2.05, 4.69) is 0 Å². The molecule has 0 N–H and O–H groups in total. The number of anilines is 1. The lowest BCUT2D eigenvalue weighted by Crippen LogP contribution is -2.43. The summed E-state index contributed by atoms with van der Waals surface area (Å²) >= 11 is 1.49. The van der Waals surface area contributed by atoms with Crippen LogP contribution >= 0.6 is 11.3 Å². The van der Waals surface area contributed by atoms with Crippen molar-refractivity contribution in [1.29, 1.82) is 0 Å². The maximum Gasteiger partial charge on any atom is 0.416 e. The minimum absolute atomic E-state index is 0.0306. The number of Topliss-reactive ketones (excluding diaryl/α,β-unsaturated/α-hetero) is 1. The first-order valence-electron chi connectivity index (χ1n) is 9.35. The van der Waals surface area contributed by atoms with Crippen LogP contribution in [0.4, 0.5) is 18.9 Å². The second-order valence-electron chi connectivity index (χ2n) is 8.39. The third-order valence-corrected chi connectivity index (χ3v) is 6.22. The highest BCUT2D eigenvalue weighted by molar-refractivity contribution is 7.08. The van der Waals surface area contributed by atoms with E-state index in [1.54, 1.807) is 0 Å². The number of carbonyl (C=O) groups is 2. The van der Waals surface area contributed by atoms with Gasteiger partial charge in [0.2, 0.25) is 5.91 Å². The maximum atomic E-state index is 13.2. The third kappa shape index (κ3) is 3.64. The van der Waals surface area contributed by atoms with Gasteiger partial charge in [0, 0.05) is 35.7 Å². The molecule has 1 atom stereocenters. The Kier molecular flexibility index (Phi) is 4.69. The van der Waals surface area contributed by atoms with Crippen molar-refractivity contribution in [3.8, 4) is 0 Å². The third-order valence-electron chi connectivity index (χ3n) is 5.52. The Labute approximate surface area is 170 Å². The van der Waals surface area contributed by atoms with Gasteiger partial charge in [-0.05, 0) is 52.4 Å². The number of amides is 1. The van der Waals surface area contributed by atoms with Gasteiger partial charge in [-0.3, -0.25) is 14.5 Å². The molecule has 1 aromatic heterocycles. The summed E-state index contributed by atoms with van der Waals surface area (Å²) in [6.45, 7) is 3.88. The van der Waals surface area contributed by atoms with Crippen molar-refractivity contribution in [2.45, 2.75) is 45.2 Å². The van der Waals surface area contributed by atoms with Crippen LogP contribution in [0.5, 0.6) is 0 Å². The van der Waals surface area contributed by atoms with E-state index in [1.165, 1.54) is 28.4 Å². The summed E-state index contributed by atoms with van der Waals surface area (Å²) in [5, 5.41) is 3.83. The quantitative estimate of drug-likeness (QED) is 0.605. The van der Waals surface area contributed by atoms with Crippen LogP contribution in [0, 0.1) is 5.41 Å². The summed E-state index contributed by atoms with van der Waals surface area (Å²) in [7, 11) is 0. The predicted octanol–water partition coefficient (Wildman–Crippen LogP) is 5.93. The fourth-order valence-corrected chi connectivity index (χ4v) is 5.01. The van der Waals surface area contributed by atoms with Crippen molar-refractivity contribution in [1.82, 2.24) is 0 Å². The molecule has 0 fully saturated rings. The van der Waals surface area contributed by atoms with Crippen LogP contribution in [-0.2, 0) is 15.8 Å². The monoisotopic (exact) mass is 419 g/mol. The predicted molar refractivity (Wildman–Crippen MR) is 106 cm³/mol. The van der Waals surface area contributed by atoms with Gasteiger partial charge < -0.3 is 0 Å². The van der Waals surface area contributed by atoms with E-state index in [1.807, 2.05) is 30.7 Å². The molecule has 7 heteroatoms. The van der Waals surface area contributed by atoms with Crippen LogP contribution in [0.15, 0.2) is 52.4 Å². The normalized spacial score (nSPS) is 22.1. The molecule has 0 radical (unpaired) electrons. The molecule has 0 saturated carbocycles. The molecule has 3 nitrogen and oxygen atoms in total. The minimum Gasteiger partial charge on any atom is -0.294 e. The van der Waals surface area contributed by atoms with E-state index in [-0.39, 0.29) is 35.1 Å². The molecule has 152 valence electrons. The van der Waals surface area contributed by atoms with Crippen LogP contribution in [0.25, 0.3) is 0 Å². The van der Waals surface area contributed by atoms with Gasteiger partial charge in [0.1, 0.15) is 0 Å². The summed E-state index contributed by atoms with van der Waals surface area (Å²) in [6.07, 6.45) is -3.63. The van der Waals surface area contributed by atoms with Crippen molar-refractivity contribution in [2.24, 2.45) is 5.41 Å². The average Bonchev–Trinajstić information content (AvgIpc) is 3.13. The lowest BCUT2D eigenvalue weighted by atomic mass is 9.69. The highest BCUT2D eigenvalue weighted by Crippen LogP contribution is 2.48. The number of allylic oxidation sites excluding steroid dienone is 2. The van der Waals surface area contributed by atoms with Gasteiger partial charge in [-0.2, -0.15) is 24.5 Å². The first-order chi connectivity index (χ1) is 13.6. The molecule has 2 aliphatic rings. The fourth-order valence-electron chi connectivity index (χ4n) is 4.29. The molecule has 1 amide bonds. The van der Waals surface area contributed by atoms with E-state index >= 15 is 0 Å². The Bertz CT molecular complexity index is 1010. The van der Waals surface area contributed by atoms with E-state index in [0.29, 0.717) is 24.1 Å².